The van der Waals surface area contributed by atoms with Gasteiger partial charge in [-0.15, -0.1) is 0 Å². The first-order valence-corrected chi connectivity index (χ1v) is 10.1. The molecule has 0 aliphatic heterocycles. The maximum atomic E-state index is 13.1. The van der Waals surface area contributed by atoms with Crippen molar-refractivity contribution >= 4 is 17.8 Å². The number of carbonyl (C=O) groups is 2. The van der Waals surface area contributed by atoms with E-state index >= 15 is 0 Å². The first-order valence-electron chi connectivity index (χ1n) is 10.1. The van der Waals surface area contributed by atoms with E-state index < -0.39 is 5.92 Å². The average Bonchev–Trinajstić information content (AvgIpc) is 2.79. The molecule has 1 heterocycles. The number of esters is 1. The zero-order chi connectivity index (χ0) is 22.2. The van der Waals surface area contributed by atoms with Crippen LogP contribution in [0.4, 0.5) is 4.39 Å². The summed E-state index contributed by atoms with van der Waals surface area (Å²) in [4.78, 5) is 29.6. The number of rotatable bonds is 8. The molecule has 0 aliphatic carbocycles. The third-order valence-electron chi connectivity index (χ3n) is 4.79. The standard InChI is InChI=1S/C26H24FNO3/c1-18(2)23(16-13-19-11-14-21(27)15-12-19)26(30)31-17-22-9-6-10-24(28-22)25(29)20-7-4-3-5-8-20/h3-16,18,23H,17H2,1-2H3/b16-13+. The van der Waals surface area contributed by atoms with E-state index in [9.17, 15) is 14.0 Å². The van der Waals surface area contributed by atoms with Gasteiger partial charge in [0.05, 0.1) is 11.6 Å². The van der Waals surface area contributed by atoms with Crippen molar-refractivity contribution in [3.05, 3.63) is 107 Å². The lowest BCUT2D eigenvalue weighted by Crippen LogP contribution is -2.21. The van der Waals surface area contributed by atoms with Gasteiger partial charge < -0.3 is 4.74 Å². The Hall–Kier alpha value is -3.60. The second-order valence-electron chi connectivity index (χ2n) is 7.50. The number of aromatic nitrogens is 1. The highest BCUT2D eigenvalue weighted by atomic mass is 19.1. The van der Waals surface area contributed by atoms with Crippen molar-refractivity contribution < 1.29 is 18.7 Å². The lowest BCUT2D eigenvalue weighted by atomic mass is 9.95. The van der Waals surface area contributed by atoms with Crippen LogP contribution >= 0.6 is 0 Å². The van der Waals surface area contributed by atoms with Gasteiger partial charge in [0.25, 0.3) is 0 Å². The zero-order valence-electron chi connectivity index (χ0n) is 17.5. The van der Waals surface area contributed by atoms with E-state index in [0.29, 0.717) is 17.0 Å². The van der Waals surface area contributed by atoms with E-state index in [1.807, 2.05) is 19.9 Å². The van der Waals surface area contributed by atoms with Crippen molar-refractivity contribution in [2.24, 2.45) is 11.8 Å². The smallest absolute Gasteiger partial charge is 0.313 e. The summed E-state index contributed by atoms with van der Waals surface area (Å²) in [5, 5.41) is 0. The average molecular weight is 417 g/mol. The third-order valence-corrected chi connectivity index (χ3v) is 4.79. The lowest BCUT2D eigenvalue weighted by molar-refractivity contribution is -0.149. The normalized spacial score (nSPS) is 12.1. The molecule has 0 amide bonds. The van der Waals surface area contributed by atoms with Crippen LogP contribution in [0, 0.1) is 17.7 Å². The molecule has 31 heavy (non-hydrogen) atoms. The molecule has 2 aromatic carbocycles. The first-order chi connectivity index (χ1) is 14.9. The highest BCUT2D eigenvalue weighted by Gasteiger charge is 2.21. The maximum Gasteiger partial charge on any atom is 0.313 e. The Morgan fingerprint density at radius 3 is 2.35 bits per heavy atom. The molecule has 0 fully saturated rings. The molecule has 4 nitrogen and oxygen atoms in total. The Bertz CT molecular complexity index is 1060. The van der Waals surface area contributed by atoms with Gasteiger partial charge in [-0.25, -0.2) is 9.37 Å². The molecule has 1 aromatic heterocycles. The van der Waals surface area contributed by atoms with E-state index in [-0.39, 0.29) is 30.1 Å². The summed E-state index contributed by atoms with van der Waals surface area (Å²) < 4.78 is 18.5. The summed E-state index contributed by atoms with van der Waals surface area (Å²) >= 11 is 0. The molecule has 1 unspecified atom stereocenters. The lowest BCUT2D eigenvalue weighted by Gasteiger charge is -2.16. The third kappa shape index (κ3) is 6.19. The van der Waals surface area contributed by atoms with E-state index in [0.717, 1.165) is 5.56 Å². The molecule has 0 saturated heterocycles. The van der Waals surface area contributed by atoms with Gasteiger partial charge in [-0.3, -0.25) is 9.59 Å². The van der Waals surface area contributed by atoms with Crippen LogP contribution in [0.3, 0.4) is 0 Å². The highest BCUT2D eigenvalue weighted by molar-refractivity contribution is 6.07. The SMILES string of the molecule is CC(C)C(/C=C/c1ccc(F)cc1)C(=O)OCc1cccc(C(=O)c2ccccc2)n1. The highest BCUT2D eigenvalue weighted by Crippen LogP contribution is 2.18. The van der Waals surface area contributed by atoms with Gasteiger partial charge in [-0.05, 0) is 35.7 Å². The fraction of sp³-hybridized carbons (Fsp3) is 0.192. The van der Waals surface area contributed by atoms with Gasteiger partial charge in [0.2, 0.25) is 5.78 Å². The molecule has 0 aliphatic rings. The zero-order valence-corrected chi connectivity index (χ0v) is 17.5. The summed E-state index contributed by atoms with van der Waals surface area (Å²) in [5.41, 5.74) is 2.15. The van der Waals surface area contributed by atoms with E-state index in [4.69, 9.17) is 4.74 Å². The minimum Gasteiger partial charge on any atom is -0.459 e. The van der Waals surface area contributed by atoms with Crippen molar-refractivity contribution in [2.75, 3.05) is 0 Å². The van der Waals surface area contributed by atoms with Crippen molar-refractivity contribution in [1.82, 2.24) is 4.98 Å². The van der Waals surface area contributed by atoms with E-state index in [2.05, 4.69) is 4.98 Å². The molecular formula is C26H24FNO3. The van der Waals surface area contributed by atoms with Crippen molar-refractivity contribution in [2.45, 2.75) is 20.5 Å². The number of nitrogens with zero attached hydrogens (tertiary/aromatic N) is 1. The van der Waals surface area contributed by atoms with Crippen molar-refractivity contribution in [1.29, 1.82) is 0 Å². The molecule has 0 N–H and O–H groups in total. The predicted octanol–water partition coefficient (Wildman–Crippen LogP) is 5.48. The molecule has 0 spiro atoms. The molecule has 158 valence electrons. The Kier molecular flexibility index (Phi) is 7.44. The molecule has 0 radical (unpaired) electrons. The first kappa shape index (κ1) is 22.1. The summed E-state index contributed by atoms with van der Waals surface area (Å²) in [6.45, 7) is 3.83. The van der Waals surface area contributed by atoms with Gasteiger partial charge in [-0.1, -0.05) is 74.5 Å². The minimum absolute atomic E-state index is 0.0168. The van der Waals surface area contributed by atoms with E-state index in [1.165, 1.54) is 12.1 Å². The summed E-state index contributed by atoms with van der Waals surface area (Å²) in [6, 6.07) is 20.0. The van der Waals surface area contributed by atoms with Crippen LogP contribution in [0.15, 0.2) is 78.9 Å². The van der Waals surface area contributed by atoms with Gasteiger partial charge in [0, 0.05) is 5.56 Å². The number of benzene rings is 2. The molecule has 0 saturated carbocycles. The second kappa shape index (κ2) is 10.4. The minimum atomic E-state index is -0.459. The largest absolute Gasteiger partial charge is 0.459 e. The molecular weight excluding hydrogens is 393 g/mol. The van der Waals surface area contributed by atoms with Crippen LogP contribution in [0.1, 0.15) is 41.2 Å². The maximum absolute atomic E-state index is 13.1. The summed E-state index contributed by atoms with van der Waals surface area (Å²) in [6.07, 6.45) is 3.55. The number of carbonyl (C=O) groups excluding carboxylic acids is 2. The topological polar surface area (TPSA) is 56.3 Å². The number of pyridine rings is 1. The quantitative estimate of drug-likeness (QED) is 0.360. The molecule has 3 aromatic rings. The second-order valence-corrected chi connectivity index (χ2v) is 7.50. The van der Waals surface area contributed by atoms with Crippen LogP contribution in [0.2, 0.25) is 0 Å². The fourth-order valence-electron chi connectivity index (χ4n) is 3.03. The van der Waals surface area contributed by atoms with Crippen LogP contribution in [-0.4, -0.2) is 16.7 Å². The van der Waals surface area contributed by atoms with Gasteiger partial charge in [0.1, 0.15) is 18.1 Å². The number of hydrogen-bond acceptors (Lipinski definition) is 4. The van der Waals surface area contributed by atoms with Gasteiger partial charge in [0.15, 0.2) is 0 Å². The van der Waals surface area contributed by atoms with Crippen molar-refractivity contribution in [3.8, 4) is 0 Å². The van der Waals surface area contributed by atoms with Crippen LogP contribution in [-0.2, 0) is 16.1 Å². The number of hydrogen-bond donors (Lipinski definition) is 0. The fourth-order valence-corrected chi connectivity index (χ4v) is 3.03. The number of halogens is 1. The molecule has 5 heteroatoms. The Balaban J connectivity index is 1.65. The van der Waals surface area contributed by atoms with Gasteiger partial charge in [-0.2, -0.15) is 0 Å². The predicted molar refractivity (Wildman–Crippen MR) is 118 cm³/mol. The van der Waals surface area contributed by atoms with Crippen LogP contribution in [0.25, 0.3) is 6.08 Å². The van der Waals surface area contributed by atoms with Crippen LogP contribution in [0.5, 0.6) is 0 Å². The van der Waals surface area contributed by atoms with Crippen LogP contribution < -0.4 is 0 Å². The number of ether oxygens (including phenoxy) is 1. The summed E-state index contributed by atoms with van der Waals surface area (Å²) in [5.74, 6) is -1.31. The van der Waals surface area contributed by atoms with Gasteiger partial charge >= 0.3 is 5.97 Å². The Labute approximate surface area is 181 Å². The molecule has 1 atom stereocenters. The molecule has 3 rings (SSSR count). The summed E-state index contributed by atoms with van der Waals surface area (Å²) in [7, 11) is 0. The van der Waals surface area contributed by atoms with E-state index in [1.54, 1.807) is 66.7 Å². The Morgan fingerprint density at radius 2 is 1.68 bits per heavy atom. The Morgan fingerprint density at radius 1 is 0.968 bits per heavy atom. The number of ketones is 1. The molecule has 0 bridgehead atoms. The monoisotopic (exact) mass is 417 g/mol. The van der Waals surface area contributed by atoms with Crippen molar-refractivity contribution in [3.63, 3.8) is 0 Å².